The van der Waals surface area contributed by atoms with Gasteiger partial charge in [-0.25, -0.2) is 9.97 Å². The third-order valence-electron chi connectivity index (χ3n) is 3.69. The van der Waals surface area contributed by atoms with E-state index in [1.165, 1.54) is 6.33 Å². The molecule has 108 valence electrons. The summed E-state index contributed by atoms with van der Waals surface area (Å²) in [5.74, 6) is -0.0348. The molecule has 1 N–H and O–H groups in total. The van der Waals surface area contributed by atoms with E-state index in [9.17, 15) is 9.90 Å². The SMILES string of the molecule is O=C(c1cccc(-c2cncnc2)c1)N1CCCC(O)C1. The summed E-state index contributed by atoms with van der Waals surface area (Å²) < 4.78 is 0. The summed E-state index contributed by atoms with van der Waals surface area (Å²) in [6, 6.07) is 7.44. The van der Waals surface area contributed by atoms with Crippen LogP contribution in [-0.2, 0) is 0 Å². The van der Waals surface area contributed by atoms with E-state index >= 15 is 0 Å². The van der Waals surface area contributed by atoms with Crippen molar-refractivity contribution in [2.24, 2.45) is 0 Å². The van der Waals surface area contributed by atoms with Gasteiger partial charge in [-0.3, -0.25) is 4.79 Å². The van der Waals surface area contributed by atoms with E-state index in [4.69, 9.17) is 0 Å². The lowest BCUT2D eigenvalue weighted by Crippen LogP contribution is -2.42. The molecule has 0 saturated carbocycles. The first-order chi connectivity index (χ1) is 10.2. The summed E-state index contributed by atoms with van der Waals surface area (Å²) in [6.07, 6.45) is 6.13. The van der Waals surface area contributed by atoms with Gasteiger partial charge >= 0.3 is 0 Å². The number of carbonyl (C=O) groups is 1. The lowest BCUT2D eigenvalue weighted by Gasteiger charge is -2.30. The van der Waals surface area contributed by atoms with E-state index in [-0.39, 0.29) is 5.91 Å². The van der Waals surface area contributed by atoms with Crippen LogP contribution < -0.4 is 0 Å². The van der Waals surface area contributed by atoms with Crippen molar-refractivity contribution in [3.8, 4) is 11.1 Å². The van der Waals surface area contributed by atoms with E-state index in [0.29, 0.717) is 18.7 Å². The maximum atomic E-state index is 12.5. The van der Waals surface area contributed by atoms with Gasteiger partial charge in [-0.2, -0.15) is 0 Å². The van der Waals surface area contributed by atoms with Crippen molar-refractivity contribution >= 4 is 5.91 Å². The highest BCUT2D eigenvalue weighted by atomic mass is 16.3. The number of rotatable bonds is 2. The van der Waals surface area contributed by atoms with Gasteiger partial charge in [-0.15, -0.1) is 0 Å². The Morgan fingerprint density at radius 1 is 1.24 bits per heavy atom. The number of nitrogens with zero attached hydrogens (tertiary/aromatic N) is 3. The molecular formula is C16H17N3O2. The topological polar surface area (TPSA) is 66.3 Å². The van der Waals surface area contributed by atoms with Gasteiger partial charge in [0.25, 0.3) is 5.91 Å². The Morgan fingerprint density at radius 3 is 2.81 bits per heavy atom. The number of piperidine rings is 1. The second-order valence-electron chi connectivity index (χ2n) is 5.26. The highest BCUT2D eigenvalue weighted by molar-refractivity contribution is 5.95. The van der Waals surface area contributed by atoms with Gasteiger partial charge in [0.1, 0.15) is 6.33 Å². The van der Waals surface area contributed by atoms with Crippen molar-refractivity contribution in [1.29, 1.82) is 0 Å². The fraction of sp³-hybridized carbons (Fsp3) is 0.312. The third-order valence-corrected chi connectivity index (χ3v) is 3.69. The normalized spacial score (nSPS) is 18.5. The molecule has 0 spiro atoms. The number of hydrogen-bond acceptors (Lipinski definition) is 4. The predicted octanol–water partition coefficient (Wildman–Crippen LogP) is 1.74. The van der Waals surface area contributed by atoms with E-state index in [0.717, 1.165) is 24.0 Å². The number of hydrogen-bond donors (Lipinski definition) is 1. The Kier molecular flexibility index (Phi) is 3.92. The molecule has 3 rings (SSSR count). The van der Waals surface area contributed by atoms with Crippen LogP contribution in [0.25, 0.3) is 11.1 Å². The molecule has 1 atom stereocenters. The first-order valence-electron chi connectivity index (χ1n) is 7.07. The van der Waals surface area contributed by atoms with E-state index in [2.05, 4.69) is 9.97 Å². The number of aliphatic hydroxyl groups excluding tert-OH is 1. The number of carbonyl (C=O) groups excluding carboxylic acids is 1. The fourth-order valence-corrected chi connectivity index (χ4v) is 2.60. The number of amides is 1. The Labute approximate surface area is 123 Å². The molecule has 1 saturated heterocycles. The van der Waals surface area contributed by atoms with Crippen LogP contribution in [0.2, 0.25) is 0 Å². The van der Waals surface area contributed by atoms with Gasteiger partial charge in [-0.05, 0) is 30.5 Å². The quantitative estimate of drug-likeness (QED) is 0.911. The van der Waals surface area contributed by atoms with Crippen LogP contribution in [0.3, 0.4) is 0 Å². The Hall–Kier alpha value is -2.27. The number of aliphatic hydroxyl groups is 1. The van der Waals surface area contributed by atoms with Crippen molar-refractivity contribution < 1.29 is 9.90 Å². The molecule has 0 aliphatic carbocycles. The van der Waals surface area contributed by atoms with Gasteiger partial charge in [0, 0.05) is 36.6 Å². The summed E-state index contributed by atoms with van der Waals surface area (Å²) in [5.41, 5.74) is 2.43. The fourth-order valence-electron chi connectivity index (χ4n) is 2.60. The highest BCUT2D eigenvalue weighted by Gasteiger charge is 2.23. The molecule has 1 aliphatic heterocycles. The maximum Gasteiger partial charge on any atom is 0.253 e. The van der Waals surface area contributed by atoms with Crippen LogP contribution in [0.5, 0.6) is 0 Å². The molecule has 1 amide bonds. The number of aromatic nitrogens is 2. The van der Waals surface area contributed by atoms with Gasteiger partial charge < -0.3 is 10.0 Å². The van der Waals surface area contributed by atoms with E-state index in [1.54, 1.807) is 23.4 Å². The monoisotopic (exact) mass is 283 g/mol. The summed E-state index contributed by atoms with van der Waals surface area (Å²) >= 11 is 0. The van der Waals surface area contributed by atoms with Crippen LogP contribution in [-0.4, -0.2) is 45.1 Å². The van der Waals surface area contributed by atoms with Crippen LogP contribution in [0, 0.1) is 0 Å². The third kappa shape index (κ3) is 3.08. The number of benzene rings is 1. The Bertz CT molecular complexity index is 630. The summed E-state index contributed by atoms with van der Waals surface area (Å²) in [4.78, 5) is 22.2. The molecular weight excluding hydrogens is 266 g/mol. The molecule has 0 radical (unpaired) electrons. The van der Waals surface area contributed by atoms with E-state index in [1.807, 2.05) is 18.2 Å². The zero-order valence-electron chi connectivity index (χ0n) is 11.6. The molecule has 1 aromatic carbocycles. The molecule has 1 unspecified atom stereocenters. The molecule has 1 aliphatic rings. The lowest BCUT2D eigenvalue weighted by molar-refractivity contribution is 0.0474. The average molecular weight is 283 g/mol. The predicted molar refractivity (Wildman–Crippen MR) is 78.6 cm³/mol. The van der Waals surface area contributed by atoms with E-state index < -0.39 is 6.10 Å². The van der Waals surface area contributed by atoms with Crippen molar-refractivity contribution in [1.82, 2.24) is 14.9 Å². The first-order valence-corrected chi connectivity index (χ1v) is 7.07. The van der Waals surface area contributed by atoms with Gasteiger partial charge in [-0.1, -0.05) is 12.1 Å². The molecule has 2 heterocycles. The Balaban J connectivity index is 1.84. The van der Waals surface area contributed by atoms with Crippen LogP contribution >= 0.6 is 0 Å². The standard InChI is InChI=1S/C16H17N3O2/c20-15-5-2-6-19(10-15)16(21)13-4-1-3-12(7-13)14-8-17-11-18-9-14/h1,3-4,7-9,11,15,20H,2,5-6,10H2. The molecule has 1 fully saturated rings. The summed E-state index contributed by atoms with van der Waals surface area (Å²) in [5, 5.41) is 9.70. The van der Waals surface area contributed by atoms with Crippen molar-refractivity contribution in [3.05, 3.63) is 48.5 Å². The van der Waals surface area contributed by atoms with Crippen LogP contribution in [0.4, 0.5) is 0 Å². The highest BCUT2D eigenvalue weighted by Crippen LogP contribution is 2.20. The van der Waals surface area contributed by atoms with Gasteiger partial charge in [0.2, 0.25) is 0 Å². The molecule has 5 heteroatoms. The average Bonchev–Trinajstić information content (AvgIpc) is 2.55. The minimum atomic E-state index is -0.409. The number of β-amino-alcohol motifs (C(OH)–C–C–N with tert-alkyl or cyclic N) is 1. The van der Waals surface area contributed by atoms with Gasteiger partial charge in [0.05, 0.1) is 6.10 Å². The van der Waals surface area contributed by atoms with Crippen LogP contribution in [0.1, 0.15) is 23.2 Å². The minimum absolute atomic E-state index is 0.0348. The van der Waals surface area contributed by atoms with Crippen molar-refractivity contribution in [2.75, 3.05) is 13.1 Å². The first kappa shape index (κ1) is 13.7. The lowest BCUT2D eigenvalue weighted by atomic mass is 10.0. The molecule has 0 bridgehead atoms. The van der Waals surface area contributed by atoms with Crippen LogP contribution in [0.15, 0.2) is 43.0 Å². The van der Waals surface area contributed by atoms with Crippen molar-refractivity contribution in [3.63, 3.8) is 0 Å². The van der Waals surface area contributed by atoms with Crippen molar-refractivity contribution in [2.45, 2.75) is 18.9 Å². The zero-order valence-corrected chi connectivity index (χ0v) is 11.6. The second kappa shape index (κ2) is 6.01. The smallest absolute Gasteiger partial charge is 0.253 e. The van der Waals surface area contributed by atoms with Gasteiger partial charge in [0.15, 0.2) is 0 Å². The molecule has 21 heavy (non-hydrogen) atoms. The zero-order chi connectivity index (χ0) is 14.7. The molecule has 2 aromatic rings. The number of likely N-dealkylation sites (tertiary alicyclic amines) is 1. The second-order valence-corrected chi connectivity index (χ2v) is 5.26. The minimum Gasteiger partial charge on any atom is -0.391 e. The largest absolute Gasteiger partial charge is 0.391 e. The molecule has 1 aromatic heterocycles. The molecule has 5 nitrogen and oxygen atoms in total. The Morgan fingerprint density at radius 2 is 2.05 bits per heavy atom. The summed E-state index contributed by atoms with van der Waals surface area (Å²) in [7, 11) is 0. The maximum absolute atomic E-state index is 12.5. The summed E-state index contributed by atoms with van der Waals surface area (Å²) in [6.45, 7) is 1.12.